The highest BCUT2D eigenvalue weighted by Crippen LogP contribution is 2.13. The number of hydrogen-bond acceptors (Lipinski definition) is 3. The molecular weight excluding hydrogens is 216 g/mol. The maximum atomic E-state index is 12.1. The largest absolute Gasteiger partial charge is 0.346 e. The van der Waals surface area contributed by atoms with Crippen LogP contribution in [0, 0.1) is 13.8 Å². The van der Waals surface area contributed by atoms with Gasteiger partial charge in [-0.05, 0) is 44.9 Å². The van der Waals surface area contributed by atoms with Gasteiger partial charge in [-0.2, -0.15) is 0 Å². The van der Waals surface area contributed by atoms with Gasteiger partial charge in [0.1, 0.15) is 0 Å². The highest BCUT2D eigenvalue weighted by atomic mass is 16.7. The molecule has 0 spiro atoms. The van der Waals surface area contributed by atoms with Gasteiger partial charge in [0.2, 0.25) is 12.1 Å². The lowest BCUT2D eigenvalue weighted by Gasteiger charge is -2.16. The van der Waals surface area contributed by atoms with E-state index in [1.54, 1.807) is 0 Å². The van der Waals surface area contributed by atoms with Crippen LogP contribution in [0.1, 0.15) is 35.3 Å². The van der Waals surface area contributed by atoms with E-state index < -0.39 is 6.29 Å². The van der Waals surface area contributed by atoms with Gasteiger partial charge in [-0.1, -0.05) is 12.1 Å². The number of carbonyl (C=O) groups is 1. The summed E-state index contributed by atoms with van der Waals surface area (Å²) < 4.78 is 10.6. The number of carbonyl (C=O) groups excluding carboxylic acids is 1. The van der Waals surface area contributed by atoms with Crippen molar-refractivity contribution < 1.29 is 14.3 Å². The fourth-order valence-corrected chi connectivity index (χ4v) is 1.53. The maximum Gasteiger partial charge on any atom is 0.222 e. The van der Waals surface area contributed by atoms with Gasteiger partial charge < -0.3 is 9.47 Å². The number of Topliss-reactive ketones (excluding diaryl/α,β-unsaturated/α-hetero) is 1. The summed E-state index contributed by atoms with van der Waals surface area (Å²) in [6.07, 6.45) is -0.785. The lowest BCUT2D eigenvalue weighted by molar-refractivity contribution is -0.107. The van der Waals surface area contributed by atoms with Crippen LogP contribution in [0.25, 0.3) is 0 Å². The molecule has 0 bridgehead atoms. The van der Waals surface area contributed by atoms with Gasteiger partial charge in [0.05, 0.1) is 0 Å². The molecule has 1 aromatic carbocycles. The van der Waals surface area contributed by atoms with Crippen molar-refractivity contribution in [2.75, 3.05) is 13.2 Å². The zero-order chi connectivity index (χ0) is 12.8. The van der Waals surface area contributed by atoms with Crippen LogP contribution in [0.2, 0.25) is 0 Å². The van der Waals surface area contributed by atoms with E-state index in [2.05, 4.69) is 0 Å². The number of aryl methyl sites for hydroxylation is 2. The zero-order valence-electron chi connectivity index (χ0n) is 10.9. The fraction of sp³-hybridized carbons (Fsp3) is 0.500. The van der Waals surface area contributed by atoms with E-state index in [-0.39, 0.29) is 5.78 Å². The second-order valence-corrected chi connectivity index (χ2v) is 3.91. The van der Waals surface area contributed by atoms with E-state index in [0.717, 1.165) is 5.56 Å². The molecule has 3 nitrogen and oxygen atoms in total. The van der Waals surface area contributed by atoms with Crippen molar-refractivity contribution in [1.29, 1.82) is 0 Å². The Balaban J connectivity index is 2.88. The van der Waals surface area contributed by atoms with Gasteiger partial charge in [-0.15, -0.1) is 0 Å². The molecule has 1 aromatic rings. The van der Waals surface area contributed by atoms with Gasteiger partial charge in [0, 0.05) is 18.8 Å². The molecule has 0 aromatic heterocycles. The molecule has 0 saturated heterocycles. The van der Waals surface area contributed by atoms with Crippen molar-refractivity contribution in [3.8, 4) is 0 Å². The Hall–Kier alpha value is -1.19. The van der Waals surface area contributed by atoms with Crippen molar-refractivity contribution in [2.45, 2.75) is 34.0 Å². The van der Waals surface area contributed by atoms with Crippen LogP contribution in [0.3, 0.4) is 0 Å². The topological polar surface area (TPSA) is 35.5 Å². The molecule has 1 rings (SSSR count). The third-order valence-corrected chi connectivity index (χ3v) is 2.64. The van der Waals surface area contributed by atoms with Crippen LogP contribution < -0.4 is 0 Å². The SMILES string of the molecule is CCOC(OCC)C(=O)c1ccc(C)c(C)c1. The fourth-order valence-electron chi connectivity index (χ4n) is 1.53. The number of hydrogen-bond donors (Lipinski definition) is 0. The molecule has 0 atom stereocenters. The highest BCUT2D eigenvalue weighted by molar-refractivity contribution is 5.98. The Kier molecular flexibility index (Phi) is 5.32. The summed E-state index contributed by atoms with van der Waals surface area (Å²) in [5, 5.41) is 0. The Morgan fingerprint density at radius 3 is 2.18 bits per heavy atom. The van der Waals surface area contributed by atoms with Crippen molar-refractivity contribution >= 4 is 5.78 Å². The maximum absolute atomic E-state index is 12.1. The van der Waals surface area contributed by atoms with E-state index >= 15 is 0 Å². The first-order valence-electron chi connectivity index (χ1n) is 5.94. The number of ketones is 1. The second-order valence-electron chi connectivity index (χ2n) is 3.91. The van der Waals surface area contributed by atoms with Crippen molar-refractivity contribution in [1.82, 2.24) is 0 Å². The Morgan fingerprint density at radius 2 is 1.71 bits per heavy atom. The normalized spacial score (nSPS) is 10.9. The van der Waals surface area contributed by atoms with E-state index in [1.807, 2.05) is 45.9 Å². The second kappa shape index (κ2) is 6.52. The summed E-state index contributed by atoms with van der Waals surface area (Å²) in [4.78, 5) is 12.1. The molecule has 0 saturated carbocycles. The van der Waals surface area contributed by atoms with E-state index in [1.165, 1.54) is 5.56 Å². The summed E-state index contributed by atoms with van der Waals surface area (Å²) in [6, 6.07) is 5.63. The monoisotopic (exact) mass is 236 g/mol. The number of rotatable bonds is 6. The van der Waals surface area contributed by atoms with Crippen molar-refractivity contribution in [3.63, 3.8) is 0 Å². The highest BCUT2D eigenvalue weighted by Gasteiger charge is 2.20. The minimum atomic E-state index is -0.785. The molecule has 3 heteroatoms. The first kappa shape index (κ1) is 13.9. The summed E-state index contributed by atoms with van der Waals surface area (Å²) in [5.74, 6) is -0.114. The van der Waals surface area contributed by atoms with Crippen LogP contribution in [-0.2, 0) is 9.47 Å². The summed E-state index contributed by atoms with van der Waals surface area (Å²) in [7, 11) is 0. The molecule has 0 fully saturated rings. The number of benzene rings is 1. The van der Waals surface area contributed by atoms with Gasteiger partial charge in [-0.25, -0.2) is 0 Å². The first-order chi connectivity index (χ1) is 8.10. The average Bonchev–Trinajstić information content (AvgIpc) is 2.31. The molecule has 0 unspecified atom stereocenters. The van der Waals surface area contributed by atoms with Crippen LogP contribution in [0.15, 0.2) is 18.2 Å². The lowest BCUT2D eigenvalue weighted by atomic mass is 10.0. The molecule has 94 valence electrons. The van der Waals surface area contributed by atoms with Crippen LogP contribution in [0.5, 0.6) is 0 Å². The summed E-state index contributed by atoms with van der Waals surface area (Å²) in [5.41, 5.74) is 2.91. The molecule has 0 aliphatic rings. The number of ether oxygens (including phenoxy) is 2. The van der Waals surface area contributed by atoms with Crippen LogP contribution >= 0.6 is 0 Å². The summed E-state index contributed by atoms with van der Waals surface area (Å²) >= 11 is 0. The predicted octanol–water partition coefficient (Wildman–Crippen LogP) is 2.89. The standard InChI is InChI=1S/C14H20O3/c1-5-16-14(17-6-2)13(15)12-8-7-10(3)11(4)9-12/h7-9,14H,5-6H2,1-4H3. The average molecular weight is 236 g/mol. The molecule has 17 heavy (non-hydrogen) atoms. The molecule has 0 heterocycles. The minimum Gasteiger partial charge on any atom is -0.346 e. The van der Waals surface area contributed by atoms with E-state index in [0.29, 0.717) is 18.8 Å². The molecule has 0 aliphatic heterocycles. The third-order valence-electron chi connectivity index (χ3n) is 2.64. The van der Waals surface area contributed by atoms with Crippen LogP contribution in [0.4, 0.5) is 0 Å². The van der Waals surface area contributed by atoms with Gasteiger partial charge in [-0.3, -0.25) is 4.79 Å². The zero-order valence-corrected chi connectivity index (χ0v) is 10.9. The summed E-state index contributed by atoms with van der Waals surface area (Å²) in [6.45, 7) is 8.62. The molecular formula is C14H20O3. The molecule has 0 aliphatic carbocycles. The quantitative estimate of drug-likeness (QED) is 0.563. The molecule has 0 N–H and O–H groups in total. The molecule has 0 amide bonds. The Labute approximate surface area is 103 Å². The van der Waals surface area contributed by atoms with Crippen LogP contribution in [-0.4, -0.2) is 25.3 Å². The Morgan fingerprint density at radius 1 is 1.12 bits per heavy atom. The third kappa shape index (κ3) is 3.65. The molecule has 0 radical (unpaired) electrons. The van der Waals surface area contributed by atoms with Gasteiger partial charge >= 0.3 is 0 Å². The minimum absolute atomic E-state index is 0.114. The van der Waals surface area contributed by atoms with E-state index in [4.69, 9.17) is 9.47 Å². The smallest absolute Gasteiger partial charge is 0.222 e. The van der Waals surface area contributed by atoms with Crippen molar-refractivity contribution in [2.24, 2.45) is 0 Å². The lowest BCUT2D eigenvalue weighted by Crippen LogP contribution is -2.27. The predicted molar refractivity (Wildman–Crippen MR) is 67.3 cm³/mol. The Bertz CT molecular complexity index is 379. The van der Waals surface area contributed by atoms with Crippen molar-refractivity contribution in [3.05, 3.63) is 34.9 Å². The van der Waals surface area contributed by atoms with E-state index in [9.17, 15) is 4.79 Å². The first-order valence-corrected chi connectivity index (χ1v) is 5.94. The van der Waals surface area contributed by atoms with Gasteiger partial charge in [0.25, 0.3) is 0 Å². The van der Waals surface area contributed by atoms with Gasteiger partial charge in [0.15, 0.2) is 0 Å².